The van der Waals surface area contributed by atoms with Crippen molar-refractivity contribution < 1.29 is 17.9 Å². The number of benzene rings is 2. The maximum atomic E-state index is 12.7. The highest BCUT2D eigenvalue weighted by Gasteiger charge is 2.17. The lowest BCUT2D eigenvalue weighted by Gasteiger charge is -2.12. The first-order chi connectivity index (χ1) is 14.2. The molecule has 0 spiro atoms. The van der Waals surface area contributed by atoms with Crippen LogP contribution in [0.25, 0.3) is 5.69 Å². The summed E-state index contributed by atoms with van der Waals surface area (Å²) in [5, 5.41) is 0. The van der Waals surface area contributed by atoms with Crippen molar-refractivity contribution in [2.45, 2.75) is 18.4 Å². The zero-order valence-electron chi connectivity index (χ0n) is 17.0. The third kappa shape index (κ3) is 4.16. The molecule has 0 aliphatic heterocycles. The van der Waals surface area contributed by atoms with Crippen LogP contribution < -0.4 is 19.8 Å². The largest absolute Gasteiger partial charge is 0.493 e. The van der Waals surface area contributed by atoms with Gasteiger partial charge in [-0.3, -0.25) is 9.48 Å². The highest BCUT2D eigenvalue weighted by molar-refractivity contribution is 9.10. The van der Waals surface area contributed by atoms with E-state index in [-0.39, 0.29) is 17.0 Å². The molecule has 0 aliphatic carbocycles. The number of hydrogen-bond donors (Lipinski definition) is 1. The normalized spacial score (nSPS) is 11.5. The van der Waals surface area contributed by atoms with Crippen LogP contribution in [0.4, 0.5) is 0 Å². The van der Waals surface area contributed by atoms with E-state index >= 15 is 0 Å². The van der Waals surface area contributed by atoms with Gasteiger partial charge in [0, 0.05) is 13.6 Å². The van der Waals surface area contributed by atoms with E-state index < -0.39 is 10.0 Å². The number of rotatable bonds is 7. The number of hydrogen-bond acceptors (Lipinski definition) is 5. The summed E-state index contributed by atoms with van der Waals surface area (Å²) in [6, 6.07) is 11.3. The molecule has 0 amide bonds. The van der Waals surface area contributed by atoms with Crippen LogP contribution in [0.15, 0.2) is 56.6 Å². The minimum absolute atomic E-state index is 0.0911. The van der Waals surface area contributed by atoms with Crippen molar-refractivity contribution in [3.63, 3.8) is 0 Å². The highest BCUT2D eigenvalue weighted by atomic mass is 79.9. The van der Waals surface area contributed by atoms with Gasteiger partial charge in [-0.1, -0.05) is 6.07 Å². The maximum Gasteiger partial charge on any atom is 0.285 e. The molecule has 0 atom stereocenters. The summed E-state index contributed by atoms with van der Waals surface area (Å²) < 4.78 is 42.0. The zero-order valence-corrected chi connectivity index (χ0v) is 19.4. The molecule has 10 heteroatoms. The average molecular weight is 496 g/mol. The first-order valence-electron chi connectivity index (χ1n) is 8.94. The number of ether oxygens (including phenoxy) is 2. The lowest BCUT2D eigenvalue weighted by atomic mass is 10.2. The molecule has 3 rings (SSSR count). The molecule has 30 heavy (non-hydrogen) atoms. The van der Waals surface area contributed by atoms with Crippen molar-refractivity contribution >= 4 is 26.0 Å². The van der Waals surface area contributed by atoms with Crippen LogP contribution in [0.2, 0.25) is 0 Å². The van der Waals surface area contributed by atoms with Crippen molar-refractivity contribution in [3.8, 4) is 17.2 Å². The standard InChI is InChI=1S/C20H22BrN3O5S/c1-13-19(21)20(25)24(23(13)2)15-6-8-16(9-7-15)30(26,27)22-12-14-5-10-17(28-3)18(11-14)29-4/h5-11,22H,12H2,1-4H3. The Morgan fingerprint density at radius 2 is 1.67 bits per heavy atom. The molecule has 0 fully saturated rings. The van der Waals surface area contributed by atoms with Gasteiger partial charge in [0.2, 0.25) is 10.0 Å². The van der Waals surface area contributed by atoms with Crippen LogP contribution >= 0.6 is 15.9 Å². The first-order valence-corrected chi connectivity index (χ1v) is 11.2. The monoisotopic (exact) mass is 495 g/mol. The maximum absolute atomic E-state index is 12.7. The molecular weight excluding hydrogens is 474 g/mol. The Morgan fingerprint density at radius 1 is 1.03 bits per heavy atom. The molecule has 0 bridgehead atoms. The van der Waals surface area contributed by atoms with Crippen LogP contribution in [0, 0.1) is 6.92 Å². The van der Waals surface area contributed by atoms with Crippen molar-refractivity contribution in [2.75, 3.05) is 14.2 Å². The third-order valence-corrected chi connectivity index (χ3v) is 7.12. The van der Waals surface area contributed by atoms with Gasteiger partial charge in [0.15, 0.2) is 11.5 Å². The summed E-state index contributed by atoms with van der Waals surface area (Å²) in [6.07, 6.45) is 0. The minimum Gasteiger partial charge on any atom is -0.493 e. The number of methoxy groups -OCH3 is 2. The van der Waals surface area contributed by atoms with E-state index in [1.807, 2.05) is 6.92 Å². The molecule has 0 saturated heterocycles. The van der Waals surface area contributed by atoms with Gasteiger partial charge in [0.05, 0.1) is 30.5 Å². The summed E-state index contributed by atoms with van der Waals surface area (Å²) in [5.41, 5.74) is 1.85. The van der Waals surface area contributed by atoms with Crippen molar-refractivity contribution in [1.82, 2.24) is 14.1 Å². The fourth-order valence-electron chi connectivity index (χ4n) is 2.99. The lowest BCUT2D eigenvalue weighted by molar-refractivity contribution is 0.354. The van der Waals surface area contributed by atoms with Crippen molar-refractivity contribution in [1.29, 1.82) is 0 Å². The van der Waals surface area contributed by atoms with E-state index in [9.17, 15) is 13.2 Å². The van der Waals surface area contributed by atoms with Crippen LogP contribution in [0.3, 0.4) is 0 Å². The Hall–Kier alpha value is -2.56. The minimum atomic E-state index is -3.74. The Morgan fingerprint density at radius 3 is 2.20 bits per heavy atom. The second-order valence-electron chi connectivity index (χ2n) is 6.55. The van der Waals surface area contributed by atoms with Crippen LogP contribution in [-0.2, 0) is 23.6 Å². The van der Waals surface area contributed by atoms with Crippen LogP contribution in [-0.4, -0.2) is 32.0 Å². The molecule has 0 saturated carbocycles. The van der Waals surface area contributed by atoms with E-state index in [0.29, 0.717) is 21.7 Å². The van der Waals surface area contributed by atoms with Gasteiger partial charge in [-0.25, -0.2) is 17.8 Å². The van der Waals surface area contributed by atoms with Crippen LogP contribution in [0.5, 0.6) is 11.5 Å². The predicted molar refractivity (Wildman–Crippen MR) is 117 cm³/mol. The molecule has 1 heterocycles. The highest BCUT2D eigenvalue weighted by Crippen LogP contribution is 2.27. The lowest BCUT2D eigenvalue weighted by Crippen LogP contribution is -2.24. The van der Waals surface area contributed by atoms with E-state index in [4.69, 9.17) is 9.47 Å². The Bertz CT molecular complexity index is 1230. The van der Waals surface area contributed by atoms with Gasteiger partial charge in [-0.2, -0.15) is 0 Å². The Labute approximate surface area is 183 Å². The zero-order chi connectivity index (χ0) is 22.1. The third-order valence-electron chi connectivity index (χ3n) is 4.79. The van der Waals surface area contributed by atoms with Gasteiger partial charge in [0.25, 0.3) is 5.56 Å². The number of nitrogens with zero attached hydrogens (tertiary/aromatic N) is 2. The summed E-state index contributed by atoms with van der Waals surface area (Å²) >= 11 is 3.28. The molecule has 160 valence electrons. The molecule has 3 aromatic rings. The quantitative estimate of drug-likeness (QED) is 0.543. The first kappa shape index (κ1) is 22.1. The molecule has 2 aromatic carbocycles. The summed E-state index contributed by atoms with van der Waals surface area (Å²) in [4.78, 5) is 12.5. The molecule has 8 nitrogen and oxygen atoms in total. The Balaban J connectivity index is 1.81. The SMILES string of the molecule is COc1ccc(CNS(=O)(=O)c2ccc(-n3c(=O)c(Br)c(C)n3C)cc2)cc1OC. The van der Waals surface area contributed by atoms with Gasteiger partial charge in [-0.05, 0) is 64.8 Å². The number of sulfonamides is 1. The smallest absolute Gasteiger partial charge is 0.285 e. The number of halogens is 1. The van der Waals surface area contributed by atoms with Crippen molar-refractivity contribution in [3.05, 3.63) is 68.5 Å². The van der Waals surface area contributed by atoms with Crippen molar-refractivity contribution in [2.24, 2.45) is 7.05 Å². The fraction of sp³-hybridized carbons (Fsp3) is 0.250. The van der Waals surface area contributed by atoms with E-state index in [0.717, 1.165) is 11.3 Å². The topological polar surface area (TPSA) is 91.6 Å². The van der Waals surface area contributed by atoms with Gasteiger partial charge < -0.3 is 9.47 Å². The second kappa shape index (κ2) is 8.66. The molecule has 1 aromatic heterocycles. The van der Waals surface area contributed by atoms with Gasteiger partial charge >= 0.3 is 0 Å². The summed E-state index contributed by atoms with van der Waals surface area (Å²) in [6.45, 7) is 1.91. The molecule has 1 N–H and O–H groups in total. The van der Waals surface area contributed by atoms with E-state index in [1.165, 1.54) is 31.0 Å². The summed E-state index contributed by atoms with van der Waals surface area (Å²) in [7, 11) is 1.07. The van der Waals surface area contributed by atoms with E-state index in [2.05, 4.69) is 20.7 Å². The number of aromatic nitrogens is 2. The molecule has 0 aliphatic rings. The van der Waals surface area contributed by atoms with Crippen LogP contribution in [0.1, 0.15) is 11.3 Å². The molecular formula is C20H22BrN3O5S. The Kier molecular flexibility index (Phi) is 6.39. The van der Waals surface area contributed by atoms with Gasteiger partial charge in [-0.15, -0.1) is 0 Å². The predicted octanol–water partition coefficient (Wildman–Crippen LogP) is 2.74. The van der Waals surface area contributed by atoms with E-state index in [1.54, 1.807) is 42.1 Å². The molecule has 0 radical (unpaired) electrons. The fourth-order valence-corrected chi connectivity index (χ4v) is 4.43. The van der Waals surface area contributed by atoms with Gasteiger partial charge in [0.1, 0.15) is 4.47 Å². The number of nitrogens with one attached hydrogen (secondary N) is 1. The summed E-state index contributed by atoms with van der Waals surface area (Å²) in [5.74, 6) is 1.09. The second-order valence-corrected chi connectivity index (χ2v) is 9.11. The average Bonchev–Trinajstić information content (AvgIpc) is 2.94. The molecule has 0 unspecified atom stereocenters.